The normalized spacial score (nSPS) is 23.7. The minimum absolute atomic E-state index is 0.0273. The third-order valence-corrected chi connectivity index (χ3v) is 5.90. The van der Waals surface area contributed by atoms with Crippen molar-refractivity contribution in [2.75, 3.05) is 6.61 Å². The van der Waals surface area contributed by atoms with Crippen LogP contribution in [0.1, 0.15) is 75.6 Å². The van der Waals surface area contributed by atoms with Gasteiger partial charge < -0.3 is 15.0 Å². The average molecular weight is 373 g/mol. The number of hydrogen-bond donors (Lipinski definition) is 1. The maximum absolute atomic E-state index is 12.5. The highest BCUT2D eigenvalue weighted by molar-refractivity contribution is 5.94. The van der Waals surface area contributed by atoms with Crippen LogP contribution in [0.25, 0.3) is 0 Å². The minimum Gasteiger partial charge on any atom is -0.484 e. The second-order valence-electron chi connectivity index (χ2n) is 8.05. The molecule has 27 heavy (non-hydrogen) atoms. The van der Waals surface area contributed by atoms with Crippen LogP contribution in [-0.4, -0.2) is 41.4 Å². The number of piperidine rings is 1. The van der Waals surface area contributed by atoms with Gasteiger partial charge in [0, 0.05) is 23.7 Å². The number of benzene rings is 1. The lowest BCUT2D eigenvalue weighted by Crippen LogP contribution is -2.49. The summed E-state index contributed by atoms with van der Waals surface area (Å²) in [6.07, 6.45) is 9.09. The molecule has 1 saturated carbocycles. The van der Waals surface area contributed by atoms with Crippen LogP contribution in [0.2, 0.25) is 0 Å². The van der Waals surface area contributed by atoms with Crippen molar-refractivity contribution in [2.24, 2.45) is 0 Å². The third-order valence-electron chi connectivity index (χ3n) is 5.90. The van der Waals surface area contributed by atoms with Crippen LogP contribution in [0.15, 0.2) is 24.3 Å². The molecule has 1 aliphatic carbocycles. The SMILES string of the molecule is CC1CCCC(C)N1C(=O)COc1ccc(C(=O)NC2CCCCC2)cc1. The smallest absolute Gasteiger partial charge is 0.260 e. The predicted octanol–water partition coefficient (Wildman–Crippen LogP) is 3.92. The Hall–Kier alpha value is -2.04. The molecule has 0 spiro atoms. The average Bonchev–Trinajstić information content (AvgIpc) is 2.67. The summed E-state index contributed by atoms with van der Waals surface area (Å²) in [5, 5.41) is 3.12. The highest BCUT2D eigenvalue weighted by Crippen LogP contribution is 2.23. The van der Waals surface area contributed by atoms with Gasteiger partial charge in [-0.15, -0.1) is 0 Å². The van der Waals surface area contributed by atoms with E-state index in [9.17, 15) is 9.59 Å². The number of carbonyl (C=O) groups excluding carboxylic acids is 2. The third kappa shape index (κ3) is 5.24. The molecule has 2 unspecified atom stereocenters. The molecule has 1 aliphatic heterocycles. The second kappa shape index (κ2) is 9.25. The Balaban J connectivity index is 1.50. The van der Waals surface area contributed by atoms with Crippen molar-refractivity contribution in [1.82, 2.24) is 10.2 Å². The number of nitrogens with one attached hydrogen (secondary N) is 1. The molecule has 0 bridgehead atoms. The molecule has 5 heteroatoms. The molecular weight excluding hydrogens is 340 g/mol. The first kappa shape index (κ1) is 19.7. The minimum atomic E-state index is -0.0273. The fourth-order valence-corrected chi connectivity index (χ4v) is 4.35. The summed E-state index contributed by atoms with van der Waals surface area (Å²) in [7, 11) is 0. The van der Waals surface area contributed by atoms with Gasteiger partial charge in [-0.25, -0.2) is 0 Å². The van der Waals surface area contributed by atoms with Crippen LogP contribution in [-0.2, 0) is 4.79 Å². The lowest BCUT2D eigenvalue weighted by atomic mass is 9.95. The van der Waals surface area contributed by atoms with E-state index in [-0.39, 0.29) is 30.5 Å². The fourth-order valence-electron chi connectivity index (χ4n) is 4.35. The van der Waals surface area contributed by atoms with Crippen molar-refractivity contribution in [3.63, 3.8) is 0 Å². The Morgan fingerprint density at radius 2 is 1.59 bits per heavy atom. The van der Waals surface area contributed by atoms with Crippen LogP contribution >= 0.6 is 0 Å². The van der Waals surface area contributed by atoms with Crippen molar-refractivity contribution >= 4 is 11.8 Å². The molecule has 148 valence electrons. The molecule has 1 saturated heterocycles. The van der Waals surface area contributed by atoms with Gasteiger partial charge in [0.15, 0.2) is 6.61 Å². The Morgan fingerprint density at radius 1 is 0.963 bits per heavy atom. The Morgan fingerprint density at radius 3 is 2.22 bits per heavy atom. The molecule has 2 aliphatic rings. The van der Waals surface area contributed by atoms with E-state index in [1.54, 1.807) is 24.3 Å². The van der Waals surface area contributed by atoms with Crippen LogP contribution in [0.3, 0.4) is 0 Å². The molecule has 5 nitrogen and oxygen atoms in total. The van der Waals surface area contributed by atoms with Crippen LogP contribution in [0.4, 0.5) is 0 Å². The van der Waals surface area contributed by atoms with Gasteiger partial charge in [0.05, 0.1) is 0 Å². The van der Waals surface area contributed by atoms with Gasteiger partial charge in [-0.1, -0.05) is 19.3 Å². The molecule has 2 fully saturated rings. The zero-order chi connectivity index (χ0) is 19.2. The molecule has 0 aromatic heterocycles. The molecule has 1 aromatic carbocycles. The molecule has 1 N–H and O–H groups in total. The number of ether oxygens (including phenoxy) is 1. The van der Waals surface area contributed by atoms with E-state index in [0.717, 1.165) is 25.7 Å². The summed E-state index contributed by atoms with van der Waals surface area (Å²) >= 11 is 0. The van der Waals surface area contributed by atoms with E-state index in [2.05, 4.69) is 19.2 Å². The van der Waals surface area contributed by atoms with Crippen LogP contribution in [0, 0.1) is 0 Å². The van der Waals surface area contributed by atoms with Gasteiger partial charge in [0.25, 0.3) is 11.8 Å². The molecule has 1 heterocycles. The van der Waals surface area contributed by atoms with Crippen molar-refractivity contribution in [3.8, 4) is 5.75 Å². The Labute approximate surface area is 162 Å². The molecule has 2 amide bonds. The highest BCUT2D eigenvalue weighted by atomic mass is 16.5. The zero-order valence-corrected chi connectivity index (χ0v) is 16.6. The first-order chi connectivity index (χ1) is 13.0. The number of carbonyl (C=O) groups is 2. The van der Waals surface area contributed by atoms with Gasteiger partial charge in [0.1, 0.15) is 5.75 Å². The number of nitrogens with zero attached hydrogens (tertiary/aromatic N) is 1. The lowest BCUT2D eigenvalue weighted by molar-refractivity contribution is -0.139. The van der Waals surface area contributed by atoms with E-state index in [4.69, 9.17) is 4.74 Å². The highest BCUT2D eigenvalue weighted by Gasteiger charge is 2.29. The fraction of sp³-hybridized carbons (Fsp3) is 0.636. The van der Waals surface area contributed by atoms with E-state index in [1.807, 2.05) is 4.90 Å². The largest absolute Gasteiger partial charge is 0.484 e. The molecular formula is C22H32N2O3. The number of hydrogen-bond acceptors (Lipinski definition) is 3. The standard InChI is InChI=1S/C22H32N2O3/c1-16-7-6-8-17(2)24(16)21(25)15-27-20-13-11-18(12-14-20)22(26)23-19-9-4-3-5-10-19/h11-14,16-17,19H,3-10,15H2,1-2H3,(H,23,26). The topological polar surface area (TPSA) is 58.6 Å². The summed E-state index contributed by atoms with van der Waals surface area (Å²) in [5.41, 5.74) is 0.637. The molecule has 2 atom stereocenters. The summed E-state index contributed by atoms with van der Waals surface area (Å²) in [5.74, 6) is 0.629. The maximum atomic E-state index is 12.5. The summed E-state index contributed by atoms with van der Waals surface area (Å²) in [4.78, 5) is 26.8. The number of likely N-dealkylation sites (tertiary alicyclic amines) is 1. The predicted molar refractivity (Wildman–Crippen MR) is 106 cm³/mol. The van der Waals surface area contributed by atoms with Crippen molar-refractivity contribution in [1.29, 1.82) is 0 Å². The first-order valence-corrected chi connectivity index (χ1v) is 10.4. The van der Waals surface area contributed by atoms with Gasteiger partial charge in [-0.3, -0.25) is 9.59 Å². The van der Waals surface area contributed by atoms with Crippen LogP contribution in [0.5, 0.6) is 5.75 Å². The number of amides is 2. The molecule has 1 aromatic rings. The summed E-state index contributed by atoms with van der Waals surface area (Å²) < 4.78 is 5.68. The van der Waals surface area contributed by atoms with Gasteiger partial charge in [0.2, 0.25) is 0 Å². The Bertz CT molecular complexity index is 627. The van der Waals surface area contributed by atoms with Crippen molar-refractivity contribution < 1.29 is 14.3 Å². The lowest BCUT2D eigenvalue weighted by Gasteiger charge is -2.38. The van der Waals surface area contributed by atoms with Gasteiger partial charge in [-0.05, 0) is 70.2 Å². The Kier molecular flexibility index (Phi) is 6.75. The van der Waals surface area contributed by atoms with Gasteiger partial charge in [-0.2, -0.15) is 0 Å². The van der Waals surface area contributed by atoms with Gasteiger partial charge >= 0.3 is 0 Å². The quantitative estimate of drug-likeness (QED) is 0.852. The van der Waals surface area contributed by atoms with E-state index >= 15 is 0 Å². The summed E-state index contributed by atoms with van der Waals surface area (Å²) in [6, 6.07) is 7.92. The van der Waals surface area contributed by atoms with Crippen molar-refractivity contribution in [2.45, 2.75) is 83.3 Å². The van der Waals surface area contributed by atoms with Crippen molar-refractivity contribution in [3.05, 3.63) is 29.8 Å². The van der Waals surface area contributed by atoms with Crippen LogP contribution < -0.4 is 10.1 Å². The molecule has 0 radical (unpaired) electrons. The second-order valence-corrected chi connectivity index (χ2v) is 8.05. The van der Waals surface area contributed by atoms with E-state index < -0.39 is 0 Å². The summed E-state index contributed by atoms with van der Waals surface area (Å²) in [6.45, 7) is 4.25. The number of rotatable bonds is 5. The van der Waals surface area contributed by atoms with E-state index in [0.29, 0.717) is 17.4 Å². The zero-order valence-electron chi connectivity index (χ0n) is 16.6. The maximum Gasteiger partial charge on any atom is 0.260 e. The molecule has 3 rings (SSSR count). The van der Waals surface area contributed by atoms with E-state index in [1.165, 1.54) is 25.7 Å². The first-order valence-electron chi connectivity index (χ1n) is 10.4. The monoisotopic (exact) mass is 372 g/mol.